The lowest BCUT2D eigenvalue weighted by Gasteiger charge is -2.11. The Kier molecular flexibility index (Phi) is 4.74. The summed E-state index contributed by atoms with van der Waals surface area (Å²) in [7, 11) is 1.85. The average Bonchev–Trinajstić information content (AvgIpc) is 3.27. The number of aliphatic hydroxyl groups excluding tert-OH is 1. The molecule has 0 spiro atoms. The summed E-state index contributed by atoms with van der Waals surface area (Å²) in [5.41, 5.74) is 3.13. The van der Waals surface area contributed by atoms with Crippen molar-refractivity contribution in [1.29, 1.82) is 0 Å². The molecule has 0 saturated carbocycles. The van der Waals surface area contributed by atoms with Crippen molar-refractivity contribution in [3.8, 4) is 11.3 Å². The predicted octanol–water partition coefficient (Wildman–Crippen LogP) is 2.74. The number of hydrogen-bond acceptors (Lipinski definition) is 7. The Hall–Kier alpha value is -3.33. The van der Waals surface area contributed by atoms with Crippen molar-refractivity contribution in [3.63, 3.8) is 0 Å². The Morgan fingerprint density at radius 1 is 1.21 bits per heavy atom. The van der Waals surface area contributed by atoms with E-state index >= 15 is 0 Å². The van der Waals surface area contributed by atoms with E-state index in [-0.39, 0.29) is 0 Å². The molecule has 1 atom stereocenters. The third-order valence-electron chi connectivity index (χ3n) is 4.34. The molecule has 4 rings (SSSR count). The van der Waals surface area contributed by atoms with Gasteiger partial charge in [-0.3, -0.25) is 9.08 Å². The highest BCUT2D eigenvalue weighted by Crippen LogP contribution is 2.24. The van der Waals surface area contributed by atoms with Crippen LogP contribution < -0.4 is 5.32 Å². The normalized spacial score (nSPS) is 12.6. The lowest BCUT2D eigenvalue weighted by Crippen LogP contribution is -2.06. The van der Waals surface area contributed by atoms with E-state index in [2.05, 4.69) is 44.4 Å². The van der Waals surface area contributed by atoms with E-state index in [4.69, 9.17) is 0 Å². The van der Waals surface area contributed by atoms with Crippen LogP contribution in [0.25, 0.3) is 16.9 Å². The van der Waals surface area contributed by atoms with E-state index in [1.807, 2.05) is 42.0 Å². The fourth-order valence-corrected chi connectivity index (χ4v) is 3.04. The highest BCUT2D eigenvalue weighted by molar-refractivity contribution is 5.65. The number of nitrogens with one attached hydrogen (secondary N) is 1. The first kappa shape index (κ1) is 18.1. The Labute approximate surface area is 162 Å². The number of anilines is 2. The molecule has 28 heavy (non-hydrogen) atoms. The molecule has 4 aromatic rings. The summed E-state index contributed by atoms with van der Waals surface area (Å²) in [6, 6.07) is 5.66. The van der Waals surface area contributed by atoms with Crippen LogP contribution in [0.1, 0.15) is 32.2 Å². The Balaban J connectivity index is 1.61. The molecule has 4 aromatic heterocycles. The Morgan fingerprint density at radius 3 is 2.82 bits per heavy atom. The van der Waals surface area contributed by atoms with Gasteiger partial charge >= 0.3 is 0 Å². The van der Waals surface area contributed by atoms with Gasteiger partial charge in [-0.1, -0.05) is 13.8 Å². The van der Waals surface area contributed by atoms with Gasteiger partial charge in [-0.05, 0) is 30.5 Å². The van der Waals surface area contributed by atoms with Crippen molar-refractivity contribution < 1.29 is 5.11 Å². The quantitative estimate of drug-likeness (QED) is 0.531. The second-order valence-corrected chi connectivity index (χ2v) is 7.14. The first-order chi connectivity index (χ1) is 13.5. The van der Waals surface area contributed by atoms with Crippen molar-refractivity contribution in [1.82, 2.24) is 34.3 Å². The molecule has 0 aliphatic heterocycles. The highest BCUT2D eigenvalue weighted by Gasteiger charge is 2.17. The van der Waals surface area contributed by atoms with Gasteiger partial charge in [0.1, 0.15) is 6.10 Å². The van der Waals surface area contributed by atoms with Crippen LogP contribution in [0.5, 0.6) is 0 Å². The summed E-state index contributed by atoms with van der Waals surface area (Å²) in [6.07, 6.45) is 7.12. The van der Waals surface area contributed by atoms with Crippen molar-refractivity contribution in [3.05, 3.63) is 48.8 Å². The second kappa shape index (κ2) is 7.35. The molecule has 9 heteroatoms. The van der Waals surface area contributed by atoms with Crippen LogP contribution >= 0.6 is 0 Å². The lowest BCUT2D eigenvalue weighted by molar-refractivity contribution is 0.140. The van der Waals surface area contributed by atoms with Gasteiger partial charge in [-0.2, -0.15) is 5.10 Å². The number of aromatic nitrogens is 7. The monoisotopic (exact) mass is 378 g/mol. The van der Waals surface area contributed by atoms with Gasteiger partial charge < -0.3 is 10.4 Å². The molecule has 0 amide bonds. The summed E-state index contributed by atoms with van der Waals surface area (Å²) in [6.45, 7) is 4.13. The molecule has 0 bridgehead atoms. The van der Waals surface area contributed by atoms with Gasteiger partial charge in [0, 0.05) is 31.2 Å². The molecule has 2 N–H and O–H groups in total. The molecule has 0 saturated heterocycles. The number of hydrogen-bond donors (Lipinski definition) is 2. The number of rotatable bonds is 6. The maximum absolute atomic E-state index is 10.4. The minimum Gasteiger partial charge on any atom is -0.385 e. The van der Waals surface area contributed by atoms with Crippen molar-refractivity contribution in [2.24, 2.45) is 13.0 Å². The smallest absolute Gasteiger partial charge is 0.227 e. The zero-order chi connectivity index (χ0) is 19.7. The number of fused-ring (bicyclic) bond motifs is 1. The summed E-state index contributed by atoms with van der Waals surface area (Å²) in [4.78, 5) is 8.83. The third kappa shape index (κ3) is 3.70. The number of aryl methyl sites for hydroxylation is 1. The van der Waals surface area contributed by atoms with Crippen LogP contribution in [0.4, 0.5) is 11.6 Å². The largest absolute Gasteiger partial charge is 0.385 e. The van der Waals surface area contributed by atoms with E-state index in [1.165, 1.54) is 0 Å². The topological polar surface area (TPSA) is 106 Å². The van der Waals surface area contributed by atoms with Gasteiger partial charge in [-0.15, -0.1) is 10.2 Å². The summed E-state index contributed by atoms with van der Waals surface area (Å²) in [5.74, 6) is 1.41. The number of aliphatic hydroxyl groups is 1. The number of pyridine rings is 1. The molecular weight excluding hydrogens is 356 g/mol. The molecular formula is C19H22N8O. The van der Waals surface area contributed by atoms with Gasteiger partial charge in [0.25, 0.3) is 0 Å². The van der Waals surface area contributed by atoms with E-state index in [1.54, 1.807) is 17.1 Å². The first-order valence-corrected chi connectivity index (χ1v) is 9.11. The van der Waals surface area contributed by atoms with Gasteiger partial charge in [-0.25, -0.2) is 9.97 Å². The zero-order valence-electron chi connectivity index (χ0n) is 16.0. The maximum atomic E-state index is 10.4. The molecule has 0 aliphatic carbocycles. The van der Waals surface area contributed by atoms with E-state index in [9.17, 15) is 5.11 Å². The van der Waals surface area contributed by atoms with Crippen LogP contribution in [-0.2, 0) is 7.05 Å². The standard InChI is InChI=1S/C19H22N8O/c1-12(2)8-16(28)18-25-24-17-9-13(5-7-27(17)18)15-4-6-20-19(23-15)22-14-10-21-26(3)11-14/h4-7,9-12,16,28H,8H2,1-3H3,(H,20,22,23)/t16-/m0/s1. The van der Waals surface area contributed by atoms with E-state index in [0.717, 1.165) is 16.9 Å². The summed E-state index contributed by atoms with van der Waals surface area (Å²) >= 11 is 0. The maximum Gasteiger partial charge on any atom is 0.227 e. The summed E-state index contributed by atoms with van der Waals surface area (Å²) < 4.78 is 3.52. The first-order valence-electron chi connectivity index (χ1n) is 9.11. The fraction of sp³-hybridized carbons (Fsp3) is 0.316. The average molecular weight is 378 g/mol. The molecule has 9 nitrogen and oxygen atoms in total. The van der Waals surface area contributed by atoms with Gasteiger partial charge in [0.15, 0.2) is 11.5 Å². The van der Waals surface area contributed by atoms with Crippen LogP contribution in [0, 0.1) is 5.92 Å². The lowest BCUT2D eigenvalue weighted by atomic mass is 10.1. The molecule has 0 fully saturated rings. The molecule has 0 aromatic carbocycles. The molecule has 4 heterocycles. The van der Waals surface area contributed by atoms with E-state index < -0.39 is 6.10 Å². The van der Waals surface area contributed by atoms with Crippen molar-refractivity contribution in [2.45, 2.75) is 26.4 Å². The van der Waals surface area contributed by atoms with Gasteiger partial charge in [0.05, 0.1) is 17.6 Å². The Morgan fingerprint density at radius 2 is 2.07 bits per heavy atom. The number of nitrogens with zero attached hydrogens (tertiary/aromatic N) is 7. The Bertz CT molecular complexity index is 1100. The molecule has 144 valence electrons. The van der Waals surface area contributed by atoms with Crippen LogP contribution in [0.2, 0.25) is 0 Å². The molecule has 0 aliphatic rings. The van der Waals surface area contributed by atoms with Crippen molar-refractivity contribution >= 4 is 17.3 Å². The minimum atomic E-state index is -0.643. The van der Waals surface area contributed by atoms with Crippen LogP contribution in [0.15, 0.2) is 43.0 Å². The minimum absolute atomic E-state index is 0.369. The van der Waals surface area contributed by atoms with Crippen molar-refractivity contribution in [2.75, 3.05) is 5.32 Å². The van der Waals surface area contributed by atoms with Crippen LogP contribution in [-0.4, -0.2) is 39.5 Å². The highest BCUT2D eigenvalue weighted by atomic mass is 16.3. The predicted molar refractivity (Wildman–Crippen MR) is 105 cm³/mol. The third-order valence-corrected chi connectivity index (χ3v) is 4.34. The van der Waals surface area contributed by atoms with Crippen LogP contribution in [0.3, 0.4) is 0 Å². The second-order valence-electron chi connectivity index (χ2n) is 7.14. The molecule has 0 radical (unpaired) electrons. The summed E-state index contributed by atoms with van der Waals surface area (Å²) in [5, 5.41) is 26.0. The van der Waals surface area contributed by atoms with E-state index in [0.29, 0.717) is 29.8 Å². The zero-order valence-corrected chi connectivity index (χ0v) is 16.0. The fourth-order valence-electron chi connectivity index (χ4n) is 3.04. The van der Waals surface area contributed by atoms with Gasteiger partial charge in [0.2, 0.25) is 5.95 Å². The molecule has 0 unspecified atom stereocenters. The SMILES string of the molecule is CC(C)C[C@H](O)c1nnc2cc(-c3ccnc(Nc4cnn(C)c4)n3)ccn12.